The predicted molar refractivity (Wildman–Crippen MR) is 91.0 cm³/mol. The molecular weight excluding hydrogens is 292 g/mol. The van der Waals surface area contributed by atoms with Gasteiger partial charge in [-0.1, -0.05) is 36.0 Å². The van der Waals surface area contributed by atoms with Gasteiger partial charge in [0.05, 0.1) is 6.61 Å². The maximum atomic E-state index is 10.3. The molecule has 2 rings (SSSR count). The molecule has 0 saturated carbocycles. The molecule has 1 aromatic carbocycles. The number of phenols is 2. The van der Waals surface area contributed by atoms with Crippen molar-refractivity contribution in [1.82, 2.24) is 0 Å². The Hall–Kier alpha value is -2.30. The number of benzene rings is 1. The number of phenolic OH excluding ortho intramolecular Hbond substituents is 2. The summed E-state index contributed by atoms with van der Waals surface area (Å²) in [4.78, 5) is 0. The van der Waals surface area contributed by atoms with Gasteiger partial charge in [0.2, 0.25) is 0 Å². The number of ether oxygens (including phenoxy) is 1. The van der Waals surface area contributed by atoms with Crippen molar-refractivity contribution in [1.29, 1.82) is 0 Å². The van der Waals surface area contributed by atoms with Crippen molar-refractivity contribution in [3.8, 4) is 11.5 Å². The van der Waals surface area contributed by atoms with Crippen LogP contribution >= 0.6 is 0 Å². The van der Waals surface area contributed by atoms with Crippen molar-refractivity contribution in [3.05, 3.63) is 65.3 Å². The average Bonchev–Trinajstić information content (AvgIpc) is 2.45. The van der Waals surface area contributed by atoms with Crippen LogP contribution in [0.4, 0.5) is 0 Å². The lowest BCUT2D eigenvalue weighted by molar-refractivity contribution is -0.156. The summed E-state index contributed by atoms with van der Waals surface area (Å²) in [6.07, 6.45) is 11.2. The van der Waals surface area contributed by atoms with E-state index in [1.807, 2.05) is 32.1 Å². The molecule has 0 aromatic heterocycles. The van der Waals surface area contributed by atoms with E-state index in [0.29, 0.717) is 18.6 Å². The molecule has 0 spiro atoms. The Labute approximate surface area is 136 Å². The van der Waals surface area contributed by atoms with Crippen molar-refractivity contribution in [2.75, 3.05) is 6.61 Å². The molecule has 4 heteroatoms. The first-order chi connectivity index (χ1) is 10.9. The maximum absolute atomic E-state index is 10.3. The monoisotopic (exact) mass is 314 g/mol. The quantitative estimate of drug-likeness (QED) is 0.573. The standard InChI is InChI=1S/C19H22O4/c1-14(2)7-10-23-19(22)8-5-15(6-9-19)3-4-16-11-17(20)13-18(21)12-16/h3-8,11-13,20-22H,9-10H2,1-2H3. The Balaban J connectivity index is 1.98. The van der Waals surface area contributed by atoms with Crippen molar-refractivity contribution in [3.63, 3.8) is 0 Å². The summed E-state index contributed by atoms with van der Waals surface area (Å²) in [7, 11) is 0. The van der Waals surface area contributed by atoms with Crippen molar-refractivity contribution in [2.24, 2.45) is 0 Å². The number of allylic oxidation sites excluding steroid dienone is 4. The van der Waals surface area contributed by atoms with Gasteiger partial charge in [0.15, 0.2) is 5.79 Å². The third kappa shape index (κ3) is 5.43. The zero-order chi connectivity index (χ0) is 16.9. The van der Waals surface area contributed by atoms with E-state index in [9.17, 15) is 15.3 Å². The first kappa shape index (κ1) is 17.1. The van der Waals surface area contributed by atoms with Gasteiger partial charge in [-0.3, -0.25) is 0 Å². The largest absolute Gasteiger partial charge is 0.508 e. The molecule has 4 nitrogen and oxygen atoms in total. The zero-order valence-corrected chi connectivity index (χ0v) is 13.4. The highest BCUT2D eigenvalue weighted by Gasteiger charge is 2.24. The molecule has 23 heavy (non-hydrogen) atoms. The van der Waals surface area contributed by atoms with Gasteiger partial charge in [-0.2, -0.15) is 0 Å². The van der Waals surface area contributed by atoms with E-state index in [0.717, 1.165) is 11.1 Å². The lowest BCUT2D eigenvalue weighted by Gasteiger charge is -2.25. The van der Waals surface area contributed by atoms with Gasteiger partial charge in [-0.15, -0.1) is 0 Å². The lowest BCUT2D eigenvalue weighted by Crippen LogP contribution is -2.30. The minimum atomic E-state index is -1.27. The summed E-state index contributed by atoms with van der Waals surface area (Å²) in [5, 5.41) is 29.2. The summed E-state index contributed by atoms with van der Waals surface area (Å²) in [5.74, 6) is -1.24. The Bertz CT molecular complexity index is 658. The topological polar surface area (TPSA) is 69.9 Å². The van der Waals surface area contributed by atoms with Crippen molar-refractivity contribution >= 4 is 6.08 Å². The van der Waals surface area contributed by atoms with Crippen LogP contribution in [0.5, 0.6) is 11.5 Å². The Morgan fingerprint density at radius 2 is 1.87 bits per heavy atom. The van der Waals surface area contributed by atoms with E-state index >= 15 is 0 Å². The van der Waals surface area contributed by atoms with E-state index in [4.69, 9.17) is 4.74 Å². The van der Waals surface area contributed by atoms with E-state index in [1.54, 1.807) is 30.4 Å². The maximum Gasteiger partial charge on any atom is 0.189 e. The second kappa shape index (κ2) is 7.31. The summed E-state index contributed by atoms with van der Waals surface area (Å²) in [6, 6.07) is 4.39. The third-order valence-corrected chi connectivity index (χ3v) is 3.38. The highest BCUT2D eigenvalue weighted by atomic mass is 16.6. The van der Waals surface area contributed by atoms with Crippen LogP contribution in [-0.4, -0.2) is 27.7 Å². The summed E-state index contributed by atoms with van der Waals surface area (Å²) >= 11 is 0. The van der Waals surface area contributed by atoms with Gasteiger partial charge in [-0.25, -0.2) is 0 Å². The minimum absolute atomic E-state index is 0.0138. The molecule has 0 bridgehead atoms. The van der Waals surface area contributed by atoms with Gasteiger partial charge in [-0.05, 0) is 43.2 Å². The van der Waals surface area contributed by atoms with Gasteiger partial charge in [0, 0.05) is 12.5 Å². The van der Waals surface area contributed by atoms with Gasteiger partial charge in [0.25, 0.3) is 0 Å². The second-order valence-electron chi connectivity index (χ2n) is 5.79. The number of aromatic hydroxyl groups is 2. The molecule has 1 aromatic rings. The summed E-state index contributed by atoms with van der Waals surface area (Å²) in [5.41, 5.74) is 2.75. The van der Waals surface area contributed by atoms with Crippen molar-refractivity contribution < 1.29 is 20.1 Å². The fourth-order valence-electron chi connectivity index (χ4n) is 2.12. The average molecular weight is 314 g/mol. The minimum Gasteiger partial charge on any atom is -0.508 e. The van der Waals surface area contributed by atoms with E-state index < -0.39 is 5.79 Å². The Morgan fingerprint density at radius 1 is 1.17 bits per heavy atom. The molecule has 0 saturated heterocycles. The molecule has 122 valence electrons. The summed E-state index contributed by atoms with van der Waals surface area (Å²) in [6.45, 7) is 4.32. The number of hydrogen-bond donors (Lipinski definition) is 3. The third-order valence-electron chi connectivity index (χ3n) is 3.38. The lowest BCUT2D eigenvalue weighted by atomic mass is 10.0. The first-order valence-corrected chi connectivity index (χ1v) is 7.46. The molecule has 0 amide bonds. The fourth-order valence-corrected chi connectivity index (χ4v) is 2.12. The molecule has 0 radical (unpaired) electrons. The smallest absolute Gasteiger partial charge is 0.189 e. The molecule has 0 heterocycles. The van der Waals surface area contributed by atoms with E-state index in [-0.39, 0.29) is 11.5 Å². The van der Waals surface area contributed by atoms with Crippen molar-refractivity contribution in [2.45, 2.75) is 26.1 Å². The van der Waals surface area contributed by atoms with Crippen LogP contribution in [-0.2, 0) is 4.74 Å². The van der Waals surface area contributed by atoms with E-state index in [2.05, 4.69) is 0 Å². The molecule has 3 N–H and O–H groups in total. The first-order valence-electron chi connectivity index (χ1n) is 7.46. The van der Waals surface area contributed by atoms with Crippen LogP contribution in [0.15, 0.2) is 59.7 Å². The molecule has 1 atom stereocenters. The normalized spacial score (nSPS) is 20.6. The van der Waals surface area contributed by atoms with Gasteiger partial charge < -0.3 is 20.1 Å². The molecule has 1 unspecified atom stereocenters. The zero-order valence-electron chi connectivity index (χ0n) is 13.4. The fraction of sp³-hybridized carbons (Fsp3) is 0.263. The van der Waals surface area contributed by atoms with Crippen LogP contribution in [0, 0.1) is 0 Å². The Kier molecular flexibility index (Phi) is 5.42. The predicted octanol–water partition coefficient (Wildman–Crippen LogP) is 3.67. The molecule has 0 fully saturated rings. The van der Waals surface area contributed by atoms with Crippen LogP contribution < -0.4 is 0 Å². The second-order valence-corrected chi connectivity index (χ2v) is 5.79. The molecule has 0 aliphatic heterocycles. The van der Waals surface area contributed by atoms with Crippen LogP contribution in [0.25, 0.3) is 6.08 Å². The number of hydrogen-bond acceptors (Lipinski definition) is 4. The highest BCUT2D eigenvalue weighted by molar-refractivity contribution is 5.58. The van der Waals surface area contributed by atoms with E-state index in [1.165, 1.54) is 6.07 Å². The molecule has 1 aliphatic carbocycles. The Morgan fingerprint density at radius 3 is 2.43 bits per heavy atom. The number of aliphatic hydroxyl groups is 1. The van der Waals surface area contributed by atoms with Crippen LogP contribution in [0.3, 0.4) is 0 Å². The van der Waals surface area contributed by atoms with Crippen LogP contribution in [0.1, 0.15) is 25.8 Å². The SMILES string of the molecule is CC(C)=CCOC1(O)C=CC(C=Cc2cc(O)cc(O)c2)=CC1. The molecule has 1 aliphatic rings. The highest BCUT2D eigenvalue weighted by Crippen LogP contribution is 2.25. The van der Waals surface area contributed by atoms with Gasteiger partial charge in [0.1, 0.15) is 11.5 Å². The van der Waals surface area contributed by atoms with Gasteiger partial charge >= 0.3 is 0 Å². The number of rotatable bonds is 5. The van der Waals surface area contributed by atoms with Crippen LogP contribution in [0.2, 0.25) is 0 Å². The summed E-state index contributed by atoms with van der Waals surface area (Å²) < 4.78 is 5.48. The molecular formula is C19H22O4.